The first-order valence-electron chi connectivity index (χ1n) is 8.04. The van der Waals surface area contributed by atoms with E-state index in [2.05, 4.69) is 18.0 Å². The number of aryl methyl sites for hydroxylation is 1. The van der Waals surface area contributed by atoms with Gasteiger partial charge in [-0.05, 0) is 56.1 Å². The standard InChI is InChI=1S/C19H26FN3/c1-15-10-11-17(16(20)14-15)23(3)19-9-5-4-8-18(19)22(2)13-7-6-12-21/h4-5,8-11,14H,6-7,12-13,21H2,1-3H3. The summed E-state index contributed by atoms with van der Waals surface area (Å²) in [5.74, 6) is -0.201. The van der Waals surface area contributed by atoms with E-state index in [0.29, 0.717) is 12.2 Å². The lowest BCUT2D eigenvalue weighted by Crippen LogP contribution is -2.22. The van der Waals surface area contributed by atoms with Crippen molar-refractivity contribution in [1.29, 1.82) is 0 Å². The number of para-hydroxylation sites is 2. The first-order valence-corrected chi connectivity index (χ1v) is 8.04. The lowest BCUT2D eigenvalue weighted by atomic mass is 10.1. The molecule has 0 fully saturated rings. The molecule has 0 aliphatic heterocycles. The largest absolute Gasteiger partial charge is 0.373 e. The molecule has 0 aliphatic carbocycles. The Morgan fingerprint density at radius 2 is 1.65 bits per heavy atom. The molecular formula is C19H26FN3. The molecule has 0 atom stereocenters. The highest BCUT2D eigenvalue weighted by Gasteiger charge is 2.14. The summed E-state index contributed by atoms with van der Waals surface area (Å²) in [5, 5.41) is 0. The van der Waals surface area contributed by atoms with Crippen molar-refractivity contribution in [3.05, 3.63) is 53.8 Å². The third-order valence-electron chi connectivity index (χ3n) is 4.07. The number of nitrogens with two attached hydrogens (primary N) is 1. The summed E-state index contributed by atoms with van der Waals surface area (Å²) in [5.41, 5.74) is 9.15. The van der Waals surface area contributed by atoms with Crippen LogP contribution in [-0.2, 0) is 0 Å². The van der Waals surface area contributed by atoms with Gasteiger partial charge in [0, 0.05) is 20.6 Å². The van der Waals surface area contributed by atoms with E-state index in [1.807, 2.05) is 49.2 Å². The number of hydrogen-bond donors (Lipinski definition) is 1. The molecule has 2 aromatic carbocycles. The van der Waals surface area contributed by atoms with Gasteiger partial charge in [0.2, 0.25) is 0 Å². The van der Waals surface area contributed by atoms with Crippen molar-refractivity contribution < 1.29 is 4.39 Å². The number of hydrogen-bond acceptors (Lipinski definition) is 3. The summed E-state index contributed by atoms with van der Waals surface area (Å²) < 4.78 is 14.3. The predicted molar refractivity (Wildman–Crippen MR) is 97.2 cm³/mol. The van der Waals surface area contributed by atoms with Gasteiger partial charge >= 0.3 is 0 Å². The van der Waals surface area contributed by atoms with E-state index in [-0.39, 0.29) is 5.82 Å². The average molecular weight is 315 g/mol. The molecule has 4 heteroatoms. The van der Waals surface area contributed by atoms with Crippen molar-refractivity contribution >= 4 is 17.1 Å². The number of halogens is 1. The lowest BCUT2D eigenvalue weighted by molar-refractivity contribution is 0.626. The molecule has 0 saturated heterocycles. The van der Waals surface area contributed by atoms with Crippen LogP contribution in [0.1, 0.15) is 18.4 Å². The van der Waals surface area contributed by atoms with Gasteiger partial charge in [-0.15, -0.1) is 0 Å². The van der Waals surface area contributed by atoms with E-state index in [1.54, 1.807) is 6.07 Å². The number of unbranched alkanes of at least 4 members (excludes halogenated alkanes) is 1. The van der Waals surface area contributed by atoms with E-state index in [0.717, 1.165) is 36.3 Å². The van der Waals surface area contributed by atoms with Gasteiger partial charge < -0.3 is 15.5 Å². The van der Waals surface area contributed by atoms with E-state index in [9.17, 15) is 4.39 Å². The molecule has 0 saturated carbocycles. The summed E-state index contributed by atoms with van der Waals surface area (Å²) in [6.45, 7) is 3.54. The minimum absolute atomic E-state index is 0.201. The molecule has 0 aliphatic rings. The maximum absolute atomic E-state index is 14.3. The van der Waals surface area contributed by atoms with E-state index in [4.69, 9.17) is 5.73 Å². The second-order valence-corrected chi connectivity index (χ2v) is 5.92. The van der Waals surface area contributed by atoms with E-state index in [1.165, 1.54) is 0 Å². The van der Waals surface area contributed by atoms with Crippen LogP contribution in [-0.4, -0.2) is 27.2 Å². The molecular weight excluding hydrogens is 289 g/mol. The van der Waals surface area contributed by atoms with E-state index < -0.39 is 0 Å². The first-order chi connectivity index (χ1) is 11.0. The Hall–Kier alpha value is -2.07. The van der Waals surface area contributed by atoms with Crippen molar-refractivity contribution in [3.8, 4) is 0 Å². The number of rotatable bonds is 7. The van der Waals surface area contributed by atoms with Crippen LogP contribution in [0.15, 0.2) is 42.5 Å². The van der Waals surface area contributed by atoms with Gasteiger partial charge in [-0.25, -0.2) is 4.39 Å². The molecule has 0 bridgehead atoms. The normalized spacial score (nSPS) is 10.7. The highest BCUT2D eigenvalue weighted by molar-refractivity contribution is 5.77. The van der Waals surface area contributed by atoms with Crippen LogP contribution < -0.4 is 15.5 Å². The fraction of sp³-hybridized carbons (Fsp3) is 0.368. The fourth-order valence-corrected chi connectivity index (χ4v) is 2.70. The van der Waals surface area contributed by atoms with Gasteiger partial charge in [-0.3, -0.25) is 0 Å². The van der Waals surface area contributed by atoms with Gasteiger partial charge in [-0.2, -0.15) is 0 Å². The SMILES string of the molecule is Cc1ccc(N(C)c2ccccc2N(C)CCCCN)c(F)c1. The molecule has 0 aromatic heterocycles. The van der Waals surface area contributed by atoms with Crippen molar-refractivity contribution in [1.82, 2.24) is 0 Å². The van der Waals surface area contributed by atoms with Crippen LogP contribution in [0, 0.1) is 12.7 Å². The minimum atomic E-state index is -0.201. The minimum Gasteiger partial charge on any atom is -0.373 e. The molecule has 0 heterocycles. The van der Waals surface area contributed by atoms with Gasteiger partial charge in [0.25, 0.3) is 0 Å². The second kappa shape index (κ2) is 7.97. The van der Waals surface area contributed by atoms with E-state index >= 15 is 0 Å². The topological polar surface area (TPSA) is 32.5 Å². The van der Waals surface area contributed by atoms with Crippen LogP contribution >= 0.6 is 0 Å². The average Bonchev–Trinajstić information content (AvgIpc) is 2.54. The van der Waals surface area contributed by atoms with Crippen molar-refractivity contribution in [2.24, 2.45) is 5.73 Å². The van der Waals surface area contributed by atoms with Crippen LogP contribution in [0.5, 0.6) is 0 Å². The smallest absolute Gasteiger partial charge is 0.147 e. The second-order valence-electron chi connectivity index (χ2n) is 5.92. The predicted octanol–water partition coefficient (Wildman–Crippen LogP) is 4.08. The summed E-state index contributed by atoms with van der Waals surface area (Å²) in [7, 11) is 3.97. The molecule has 2 N–H and O–H groups in total. The maximum Gasteiger partial charge on any atom is 0.147 e. The Morgan fingerprint density at radius 3 is 2.30 bits per heavy atom. The molecule has 2 rings (SSSR count). The van der Waals surface area contributed by atoms with Gasteiger partial charge in [0.15, 0.2) is 0 Å². The Morgan fingerprint density at radius 1 is 0.957 bits per heavy atom. The highest BCUT2D eigenvalue weighted by atomic mass is 19.1. The molecule has 0 amide bonds. The van der Waals surface area contributed by atoms with Crippen molar-refractivity contribution in [2.45, 2.75) is 19.8 Å². The molecule has 3 nitrogen and oxygen atoms in total. The van der Waals surface area contributed by atoms with Crippen molar-refractivity contribution in [2.75, 3.05) is 37.0 Å². The Kier molecular flexibility index (Phi) is 5.99. The van der Waals surface area contributed by atoms with Crippen LogP contribution in [0.2, 0.25) is 0 Å². The third-order valence-corrected chi connectivity index (χ3v) is 4.07. The quantitative estimate of drug-likeness (QED) is 0.782. The summed E-state index contributed by atoms with van der Waals surface area (Å²) in [4.78, 5) is 4.11. The maximum atomic E-state index is 14.3. The lowest BCUT2D eigenvalue weighted by Gasteiger charge is -2.28. The summed E-state index contributed by atoms with van der Waals surface area (Å²) in [6.07, 6.45) is 2.05. The molecule has 124 valence electrons. The highest BCUT2D eigenvalue weighted by Crippen LogP contribution is 2.34. The fourth-order valence-electron chi connectivity index (χ4n) is 2.70. The number of benzene rings is 2. The zero-order valence-corrected chi connectivity index (χ0v) is 14.2. The first kappa shape index (κ1) is 17.3. The molecule has 23 heavy (non-hydrogen) atoms. The van der Waals surface area contributed by atoms with Crippen LogP contribution in [0.25, 0.3) is 0 Å². The molecule has 0 unspecified atom stereocenters. The Bertz CT molecular complexity index is 642. The number of anilines is 3. The summed E-state index contributed by atoms with van der Waals surface area (Å²) >= 11 is 0. The van der Waals surface area contributed by atoms with Crippen LogP contribution in [0.3, 0.4) is 0 Å². The van der Waals surface area contributed by atoms with Gasteiger partial charge in [-0.1, -0.05) is 18.2 Å². The summed E-state index contributed by atoms with van der Waals surface area (Å²) in [6, 6.07) is 13.4. The zero-order chi connectivity index (χ0) is 16.8. The molecule has 2 aromatic rings. The Labute approximate surface area is 138 Å². The van der Waals surface area contributed by atoms with Crippen molar-refractivity contribution in [3.63, 3.8) is 0 Å². The molecule has 0 radical (unpaired) electrons. The monoisotopic (exact) mass is 315 g/mol. The third kappa shape index (κ3) is 4.23. The van der Waals surface area contributed by atoms with Crippen LogP contribution in [0.4, 0.5) is 21.5 Å². The Balaban J connectivity index is 2.28. The van der Waals surface area contributed by atoms with Gasteiger partial charge in [0.05, 0.1) is 17.1 Å². The zero-order valence-electron chi connectivity index (χ0n) is 14.2. The number of nitrogens with zero attached hydrogens (tertiary/aromatic N) is 2. The molecule has 0 spiro atoms. The van der Waals surface area contributed by atoms with Gasteiger partial charge in [0.1, 0.15) is 5.82 Å².